The number of hydrogen-bond acceptors (Lipinski definition) is 2. The van der Waals surface area contributed by atoms with Gasteiger partial charge in [-0.2, -0.15) is 105 Å². The van der Waals surface area contributed by atoms with E-state index in [-0.39, 0.29) is 0 Å². The van der Waals surface area contributed by atoms with Crippen LogP contribution in [0.3, 0.4) is 0 Å². The third-order valence-corrected chi connectivity index (χ3v) is 6.02. The van der Waals surface area contributed by atoms with Crippen molar-refractivity contribution in [3.05, 3.63) is 0 Å². The van der Waals surface area contributed by atoms with E-state index in [0.717, 1.165) is 0 Å². The second-order valence-corrected chi connectivity index (χ2v) is 10.0. The van der Waals surface area contributed by atoms with E-state index in [1.165, 1.54) is 4.52 Å². The van der Waals surface area contributed by atoms with Crippen LogP contribution >= 0.6 is 7.82 Å². The molecule has 2 atom stereocenters. The highest BCUT2D eigenvalue weighted by molar-refractivity contribution is 7.46. The van der Waals surface area contributed by atoms with Crippen LogP contribution < -0.4 is 0 Å². The van der Waals surface area contributed by atoms with Crippen LogP contribution in [0.5, 0.6) is 0 Å². The Kier molecular flexibility index (Phi) is 11.5. The lowest BCUT2D eigenvalue weighted by Crippen LogP contribution is -2.82. The van der Waals surface area contributed by atoms with E-state index >= 15 is 4.39 Å². The number of rotatable bonds is 15. The second-order valence-electron chi connectivity index (χ2n) is 8.87. The van der Waals surface area contributed by atoms with Gasteiger partial charge < -0.3 is 9.79 Å². The summed E-state index contributed by atoms with van der Waals surface area (Å²) in [6.07, 6.45) is -35.9. The van der Waals surface area contributed by atoms with Gasteiger partial charge in [0.1, 0.15) is 0 Å². The molecule has 0 aromatic heterocycles. The van der Waals surface area contributed by atoms with Gasteiger partial charge in [-0.05, 0) is 12.8 Å². The van der Waals surface area contributed by atoms with Crippen molar-refractivity contribution in [2.45, 2.75) is 96.9 Å². The van der Waals surface area contributed by atoms with Crippen LogP contribution in [-0.4, -0.2) is 87.5 Å². The van der Waals surface area contributed by atoms with Gasteiger partial charge in [0.05, 0.1) is 0 Å². The van der Waals surface area contributed by atoms with E-state index in [2.05, 4.69) is 0 Å². The molecule has 0 aliphatic rings. The Balaban J connectivity index is 7.94. The molecule has 0 rings (SSSR count). The summed E-state index contributed by atoms with van der Waals surface area (Å²) in [5.41, 5.74) is -9.91. The Labute approximate surface area is 239 Å². The Bertz CT molecular complexity index is 1150. The quantitative estimate of drug-likeness (QED) is 0.128. The maximum atomic E-state index is 15.0. The first kappa shape index (κ1) is 45.3. The fourth-order valence-electron chi connectivity index (χ4n) is 3.05. The van der Waals surface area contributed by atoms with Gasteiger partial charge in [-0.15, -0.1) is 0 Å². The second kappa shape index (κ2) is 12.0. The fraction of sp³-hybridized carbons (Fsp3) is 1.00. The van der Waals surface area contributed by atoms with E-state index in [9.17, 15) is 114 Å². The molecular weight excluding hydrogens is 781 g/mol. The topological polar surface area (TPSA) is 66.8 Å². The highest BCUT2D eigenvalue weighted by atomic mass is 31.2. The Hall–Kier alpha value is -1.71. The van der Waals surface area contributed by atoms with E-state index in [1.807, 2.05) is 0 Å². The summed E-state index contributed by atoms with van der Waals surface area (Å²) < 4.78 is 364. The van der Waals surface area contributed by atoms with E-state index in [0.29, 0.717) is 0 Å². The largest absolute Gasteiger partial charge is 0.474 e. The molecule has 284 valence electrons. The molecule has 0 radical (unpaired) electrons. The molecule has 0 saturated carbocycles. The minimum absolute atomic E-state index is 1.46. The minimum Gasteiger partial charge on any atom is -0.303 e. The van der Waals surface area contributed by atoms with Gasteiger partial charge in [-0.1, -0.05) is 0 Å². The van der Waals surface area contributed by atoms with Crippen molar-refractivity contribution < 1.29 is 133 Å². The zero-order chi connectivity index (χ0) is 38.9. The molecule has 0 aromatic carbocycles. The third kappa shape index (κ3) is 6.88. The smallest absolute Gasteiger partial charge is 0.303 e. The van der Waals surface area contributed by atoms with Gasteiger partial charge in [-0.3, -0.25) is 0 Å². The molecule has 2 N–H and O–H groups in total. The first-order valence-electron chi connectivity index (χ1n) is 10.5. The highest BCUT2D eigenvalue weighted by Crippen LogP contribution is 2.70. The molecule has 0 saturated heterocycles. The molecule has 0 fully saturated rings. The number of hydrogen-bond donors (Lipinski definition) is 2. The lowest BCUT2D eigenvalue weighted by molar-refractivity contribution is -0.489. The predicted octanol–water partition coefficient (Wildman–Crippen LogP) is 9.11. The SMILES string of the molecule is O=P(O)(O)OC(F)(F)C(F)(C(F)(F)C(F)(F)C(F)(F)C(F)CCCC(F)(F)F)C(F)(F)C(F)(F)C(F)(F)C(F)(F)C(F)(F)C(F)(F)F. The maximum absolute atomic E-state index is 15.0. The third-order valence-electron chi connectivity index (χ3n) is 5.56. The van der Waals surface area contributed by atoms with Crippen molar-refractivity contribution >= 4 is 7.82 Å². The minimum atomic E-state index is -10.0. The van der Waals surface area contributed by atoms with E-state index in [1.54, 1.807) is 0 Å². The fourth-order valence-corrected chi connectivity index (χ4v) is 3.47. The van der Waals surface area contributed by atoms with Gasteiger partial charge in [-0.25, -0.2) is 17.9 Å². The van der Waals surface area contributed by atoms with Crippen LogP contribution in [0, 0.1) is 0 Å². The molecule has 0 amide bonds. The molecule has 31 heteroatoms. The van der Waals surface area contributed by atoms with Gasteiger partial charge >= 0.3 is 79.3 Å². The number of halogens is 26. The van der Waals surface area contributed by atoms with Gasteiger partial charge in [0.15, 0.2) is 6.17 Å². The molecule has 0 heterocycles. The van der Waals surface area contributed by atoms with Crippen LogP contribution in [0.4, 0.5) is 114 Å². The normalized spacial score (nSPS) is 18.3. The average molecular weight is 790 g/mol. The standard InChI is InChI=1S/C16H9F26O4P/c17-4(2-1-3-5(18,19)20)6(21,22)8(24,25)9(26,27)7(23,16(41,42)46-47(43,44)45)10(28,29)11(30,31)12(32,33)13(34,35)14(36,37)15(38,39)40/h4H,1-3H2,(H2,43,44,45). The maximum Gasteiger partial charge on any atom is 0.474 e. The first-order chi connectivity index (χ1) is 19.8. The van der Waals surface area contributed by atoms with Crippen molar-refractivity contribution in [2.75, 3.05) is 0 Å². The molecule has 0 spiro atoms. The summed E-state index contributed by atoms with van der Waals surface area (Å²) in [4.78, 5) is 16.3. The first-order valence-corrected chi connectivity index (χ1v) is 12.0. The summed E-state index contributed by atoms with van der Waals surface area (Å²) in [6.45, 7) is 0. The number of phosphoric acid groups is 1. The lowest BCUT2D eigenvalue weighted by Gasteiger charge is -2.49. The lowest BCUT2D eigenvalue weighted by atomic mass is 9.77. The van der Waals surface area contributed by atoms with Crippen molar-refractivity contribution in [3.63, 3.8) is 0 Å². The molecule has 47 heavy (non-hydrogen) atoms. The summed E-state index contributed by atoms with van der Waals surface area (Å²) in [7, 11) is -7.96. The molecule has 0 aromatic rings. The molecule has 0 aliphatic heterocycles. The number of phosphoric ester groups is 1. The Morgan fingerprint density at radius 1 is 0.511 bits per heavy atom. The monoisotopic (exact) mass is 790 g/mol. The zero-order valence-corrected chi connectivity index (χ0v) is 21.6. The summed E-state index contributed by atoms with van der Waals surface area (Å²) in [5, 5.41) is 0. The summed E-state index contributed by atoms with van der Waals surface area (Å²) in [5.74, 6) is -74.3. The Morgan fingerprint density at radius 2 is 0.830 bits per heavy atom. The van der Waals surface area contributed by atoms with E-state index < -0.39 is 105 Å². The summed E-state index contributed by atoms with van der Waals surface area (Å²) in [6, 6.07) is 0. The van der Waals surface area contributed by atoms with Crippen molar-refractivity contribution in [2.24, 2.45) is 0 Å². The zero-order valence-electron chi connectivity index (χ0n) is 20.7. The predicted molar refractivity (Wildman–Crippen MR) is 92.3 cm³/mol. The van der Waals surface area contributed by atoms with Crippen molar-refractivity contribution in [1.82, 2.24) is 0 Å². The molecule has 2 unspecified atom stereocenters. The number of alkyl halides is 26. The molecular formula is C16H9F26O4P. The van der Waals surface area contributed by atoms with Gasteiger partial charge in [0, 0.05) is 6.42 Å². The summed E-state index contributed by atoms with van der Waals surface area (Å²) >= 11 is 0. The van der Waals surface area contributed by atoms with Crippen molar-refractivity contribution in [1.29, 1.82) is 0 Å². The molecule has 0 bridgehead atoms. The molecule has 0 aliphatic carbocycles. The van der Waals surface area contributed by atoms with Crippen LogP contribution in [0.2, 0.25) is 0 Å². The van der Waals surface area contributed by atoms with Crippen LogP contribution in [0.1, 0.15) is 19.3 Å². The highest BCUT2D eigenvalue weighted by Gasteiger charge is 3.01. The molecule has 4 nitrogen and oxygen atoms in total. The Morgan fingerprint density at radius 3 is 1.15 bits per heavy atom. The van der Waals surface area contributed by atoms with Crippen molar-refractivity contribution in [3.8, 4) is 0 Å². The van der Waals surface area contributed by atoms with E-state index in [4.69, 9.17) is 9.79 Å². The van der Waals surface area contributed by atoms with Gasteiger partial charge in [0.25, 0.3) is 0 Å². The van der Waals surface area contributed by atoms with Gasteiger partial charge in [0.2, 0.25) is 0 Å². The average Bonchev–Trinajstić information content (AvgIpc) is 2.79. The van der Waals surface area contributed by atoms with Crippen LogP contribution in [0.15, 0.2) is 0 Å². The van der Waals surface area contributed by atoms with Crippen LogP contribution in [0.25, 0.3) is 0 Å². The van der Waals surface area contributed by atoms with Crippen LogP contribution in [-0.2, 0) is 9.09 Å².